The molecule has 0 amide bonds. The van der Waals surface area contributed by atoms with Gasteiger partial charge in [-0.15, -0.1) is 11.3 Å². The van der Waals surface area contributed by atoms with Gasteiger partial charge >= 0.3 is 0 Å². The highest BCUT2D eigenvalue weighted by atomic mass is 32.1. The van der Waals surface area contributed by atoms with Crippen LogP contribution in [0.3, 0.4) is 0 Å². The molecule has 1 aliphatic carbocycles. The molecule has 1 fully saturated rings. The van der Waals surface area contributed by atoms with Crippen LogP contribution in [0.15, 0.2) is 47.5 Å². The summed E-state index contributed by atoms with van der Waals surface area (Å²) in [6.45, 7) is 3.98. The van der Waals surface area contributed by atoms with Crippen LogP contribution in [0, 0.1) is 13.8 Å². The van der Waals surface area contributed by atoms with E-state index in [1.807, 2.05) is 38.1 Å². The Morgan fingerprint density at radius 1 is 1.14 bits per heavy atom. The fourth-order valence-corrected chi connectivity index (χ4v) is 5.71. The van der Waals surface area contributed by atoms with Crippen LogP contribution in [0.1, 0.15) is 41.3 Å². The predicted octanol–water partition coefficient (Wildman–Crippen LogP) is 5.32. The number of fused-ring (bicyclic) bond motifs is 3. The van der Waals surface area contributed by atoms with Crippen LogP contribution in [0.4, 0.5) is 0 Å². The van der Waals surface area contributed by atoms with Crippen molar-refractivity contribution in [1.82, 2.24) is 19.5 Å². The van der Waals surface area contributed by atoms with Crippen molar-refractivity contribution < 1.29 is 9.84 Å². The standard InChI is InChI=1S/C27H24N4O3S/c1-14-4-8-20-22-26(35-24(20)23(14)32)30-25(19-9-7-18(34-3)10-21(19)17-5-6-17)31(27(22)33)13-16-11-28-15(2)29-12-16/h4,7-12,17,32H,5-6,13H2,1-3H3. The molecule has 35 heavy (non-hydrogen) atoms. The number of aryl methyl sites for hydroxylation is 2. The third kappa shape index (κ3) is 3.65. The van der Waals surface area contributed by atoms with Gasteiger partial charge in [0, 0.05) is 28.9 Å². The van der Waals surface area contributed by atoms with E-state index >= 15 is 0 Å². The quantitative estimate of drug-likeness (QED) is 0.363. The maximum absolute atomic E-state index is 14.1. The van der Waals surface area contributed by atoms with Gasteiger partial charge in [0.25, 0.3) is 5.56 Å². The maximum Gasteiger partial charge on any atom is 0.263 e. The van der Waals surface area contributed by atoms with Gasteiger partial charge in [-0.3, -0.25) is 9.36 Å². The minimum atomic E-state index is -0.141. The van der Waals surface area contributed by atoms with Crippen molar-refractivity contribution >= 4 is 31.6 Å². The fraction of sp³-hybridized carbons (Fsp3) is 0.259. The van der Waals surface area contributed by atoms with Gasteiger partial charge in [-0.05, 0) is 61.9 Å². The van der Waals surface area contributed by atoms with E-state index in [9.17, 15) is 9.90 Å². The van der Waals surface area contributed by atoms with Crippen molar-refractivity contribution in [2.45, 2.75) is 39.2 Å². The molecule has 0 bridgehead atoms. The molecule has 0 aliphatic heterocycles. The molecule has 1 saturated carbocycles. The van der Waals surface area contributed by atoms with E-state index in [1.54, 1.807) is 24.1 Å². The number of hydrogen-bond donors (Lipinski definition) is 1. The van der Waals surface area contributed by atoms with E-state index in [1.165, 1.54) is 11.3 Å². The Balaban J connectivity index is 1.66. The summed E-state index contributed by atoms with van der Waals surface area (Å²) in [5.41, 5.74) is 3.52. The van der Waals surface area contributed by atoms with E-state index in [0.29, 0.717) is 39.0 Å². The van der Waals surface area contributed by atoms with Crippen LogP contribution in [0.25, 0.3) is 31.7 Å². The number of hydrogen-bond acceptors (Lipinski definition) is 7. The van der Waals surface area contributed by atoms with E-state index in [2.05, 4.69) is 16.0 Å². The topological polar surface area (TPSA) is 90.1 Å². The Kier molecular flexibility index (Phi) is 5.07. The average molecular weight is 485 g/mol. The van der Waals surface area contributed by atoms with Crippen molar-refractivity contribution in [3.63, 3.8) is 0 Å². The van der Waals surface area contributed by atoms with Gasteiger partial charge in [0.15, 0.2) is 0 Å². The second-order valence-electron chi connectivity index (χ2n) is 9.08. The van der Waals surface area contributed by atoms with E-state index in [4.69, 9.17) is 9.72 Å². The van der Waals surface area contributed by atoms with Crippen molar-refractivity contribution in [1.29, 1.82) is 0 Å². The summed E-state index contributed by atoms with van der Waals surface area (Å²) in [5, 5.41) is 11.9. The molecule has 0 radical (unpaired) electrons. The first-order valence-electron chi connectivity index (χ1n) is 11.6. The Labute approximate surface area is 205 Å². The number of benzene rings is 2. The Hall–Kier alpha value is -3.78. The Bertz CT molecular complexity index is 1670. The van der Waals surface area contributed by atoms with Gasteiger partial charge in [0.1, 0.15) is 28.0 Å². The number of ether oxygens (including phenoxy) is 1. The highest BCUT2D eigenvalue weighted by molar-refractivity contribution is 7.25. The molecule has 1 aliphatic rings. The molecule has 5 aromatic rings. The number of phenolic OH excluding ortho intramolecular Hbond substituents is 1. The fourth-order valence-electron chi connectivity index (χ4n) is 4.55. The van der Waals surface area contributed by atoms with Gasteiger partial charge < -0.3 is 9.84 Å². The zero-order valence-electron chi connectivity index (χ0n) is 19.7. The number of methoxy groups -OCH3 is 1. The van der Waals surface area contributed by atoms with Crippen molar-refractivity contribution in [2.75, 3.05) is 7.11 Å². The summed E-state index contributed by atoms with van der Waals surface area (Å²) < 4.78 is 7.89. The summed E-state index contributed by atoms with van der Waals surface area (Å²) >= 11 is 1.36. The largest absolute Gasteiger partial charge is 0.506 e. The van der Waals surface area contributed by atoms with Gasteiger partial charge in [0.2, 0.25) is 0 Å². The summed E-state index contributed by atoms with van der Waals surface area (Å²) in [4.78, 5) is 28.4. The summed E-state index contributed by atoms with van der Waals surface area (Å²) in [7, 11) is 1.66. The monoisotopic (exact) mass is 484 g/mol. The molecule has 3 heterocycles. The molecule has 8 heteroatoms. The minimum absolute atomic E-state index is 0.141. The highest BCUT2D eigenvalue weighted by Gasteiger charge is 2.29. The molecule has 3 aromatic heterocycles. The molecular weight excluding hydrogens is 460 g/mol. The lowest BCUT2D eigenvalue weighted by molar-refractivity contribution is 0.414. The van der Waals surface area contributed by atoms with E-state index in [-0.39, 0.29) is 11.3 Å². The third-order valence-corrected chi connectivity index (χ3v) is 7.74. The zero-order valence-corrected chi connectivity index (χ0v) is 20.5. The molecule has 2 aromatic carbocycles. The highest BCUT2D eigenvalue weighted by Crippen LogP contribution is 2.46. The van der Waals surface area contributed by atoms with Crippen LogP contribution in [0.2, 0.25) is 0 Å². The first kappa shape index (κ1) is 21.7. The third-order valence-electron chi connectivity index (χ3n) is 6.63. The Morgan fingerprint density at radius 3 is 2.63 bits per heavy atom. The molecule has 0 spiro atoms. The number of thiophene rings is 1. The second kappa shape index (κ2) is 8.16. The number of rotatable bonds is 5. The molecule has 176 valence electrons. The molecule has 0 saturated heterocycles. The minimum Gasteiger partial charge on any atom is -0.506 e. The van der Waals surface area contributed by atoms with Crippen LogP contribution in [-0.2, 0) is 6.54 Å². The van der Waals surface area contributed by atoms with Crippen molar-refractivity contribution in [2.24, 2.45) is 0 Å². The average Bonchev–Trinajstić information content (AvgIpc) is 3.64. The smallest absolute Gasteiger partial charge is 0.263 e. The molecule has 0 atom stereocenters. The van der Waals surface area contributed by atoms with E-state index in [0.717, 1.165) is 46.2 Å². The van der Waals surface area contributed by atoms with Crippen LogP contribution >= 0.6 is 11.3 Å². The molecule has 1 N–H and O–H groups in total. The van der Waals surface area contributed by atoms with Crippen molar-refractivity contribution in [3.05, 3.63) is 75.6 Å². The Morgan fingerprint density at radius 2 is 1.91 bits per heavy atom. The number of phenols is 1. The summed E-state index contributed by atoms with van der Waals surface area (Å²) in [6.07, 6.45) is 5.71. The first-order chi connectivity index (χ1) is 16.9. The lowest BCUT2D eigenvalue weighted by Crippen LogP contribution is -2.24. The molecular formula is C27H24N4O3S. The zero-order chi connectivity index (χ0) is 24.3. The lowest BCUT2D eigenvalue weighted by atomic mass is 10.0. The van der Waals surface area contributed by atoms with Crippen molar-refractivity contribution in [3.8, 4) is 22.9 Å². The van der Waals surface area contributed by atoms with Gasteiger partial charge in [0.05, 0.1) is 23.7 Å². The predicted molar refractivity (Wildman–Crippen MR) is 138 cm³/mol. The van der Waals surface area contributed by atoms with Gasteiger partial charge in [-0.25, -0.2) is 15.0 Å². The van der Waals surface area contributed by atoms with Crippen LogP contribution in [0.5, 0.6) is 11.5 Å². The maximum atomic E-state index is 14.1. The lowest BCUT2D eigenvalue weighted by Gasteiger charge is -2.16. The van der Waals surface area contributed by atoms with Crippen LogP contribution in [-0.4, -0.2) is 31.7 Å². The summed E-state index contributed by atoms with van der Waals surface area (Å²) in [6, 6.07) is 9.70. The second-order valence-corrected chi connectivity index (χ2v) is 10.1. The molecule has 7 nitrogen and oxygen atoms in total. The molecule has 6 rings (SSSR count). The van der Waals surface area contributed by atoms with Gasteiger partial charge in [-0.2, -0.15) is 0 Å². The van der Waals surface area contributed by atoms with Gasteiger partial charge in [-0.1, -0.05) is 12.1 Å². The molecule has 0 unspecified atom stereocenters. The van der Waals surface area contributed by atoms with Crippen LogP contribution < -0.4 is 10.3 Å². The summed E-state index contributed by atoms with van der Waals surface area (Å²) in [5.74, 6) is 2.71. The SMILES string of the molecule is COc1ccc(-c2nc3sc4c(O)c(C)ccc4c3c(=O)n2Cc2cnc(C)nc2)c(C2CC2)c1. The van der Waals surface area contributed by atoms with E-state index < -0.39 is 0 Å². The first-order valence-corrected chi connectivity index (χ1v) is 12.4. The number of aromatic nitrogens is 4. The number of nitrogens with zero attached hydrogens (tertiary/aromatic N) is 4. The number of aromatic hydroxyl groups is 1. The normalized spacial score (nSPS) is 13.6.